The first kappa shape index (κ1) is 23.8. The van der Waals surface area contributed by atoms with Gasteiger partial charge in [0.05, 0.1) is 9.82 Å². The second kappa shape index (κ2) is 10.5. The number of nitrogens with zero attached hydrogens (tertiary/aromatic N) is 2. The van der Waals surface area contributed by atoms with Crippen LogP contribution in [0.4, 0.5) is 16.2 Å². The average molecular weight is 450 g/mol. The van der Waals surface area contributed by atoms with Gasteiger partial charge in [-0.3, -0.25) is 20.2 Å². The fraction of sp³-hybridized carbons (Fsp3) is 0.263. The third-order valence-electron chi connectivity index (χ3n) is 4.11. The summed E-state index contributed by atoms with van der Waals surface area (Å²) in [4.78, 5) is 34.0. The second-order valence-corrected chi connectivity index (χ2v) is 8.07. The minimum atomic E-state index is -3.91. The molecule has 0 bridgehead atoms. The summed E-state index contributed by atoms with van der Waals surface area (Å²) < 4.78 is 31.5. The van der Waals surface area contributed by atoms with Gasteiger partial charge >= 0.3 is 11.7 Å². The van der Waals surface area contributed by atoms with Crippen molar-refractivity contribution in [2.75, 3.05) is 25.0 Å². The Labute approximate surface area is 179 Å². The first-order chi connectivity index (χ1) is 14.7. The predicted molar refractivity (Wildman–Crippen MR) is 112 cm³/mol. The standard InChI is InChI=1S/C19H22N4O7S/c1-3-22(4-2)31(28,29)15-10-11-17(16(12-15)23(26)27)30-13-18(24)21-19(25)20-14-8-6-5-7-9-14/h5-12H,3-4,13H2,1-2H3,(H2,20,21,24,25). The first-order valence-corrected chi connectivity index (χ1v) is 10.7. The number of carbonyl (C=O) groups excluding carboxylic acids is 2. The molecule has 0 fully saturated rings. The van der Waals surface area contributed by atoms with Crippen LogP contribution in [0.3, 0.4) is 0 Å². The lowest BCUT2D eigenvalue weighted by molar-refractivity contribution is -0.386. The number of benzene rings is 2. The number of para-hydroxylation sites is 1. The van der Waals surface area contributed by atoms with E-state index in [0.717, 1.165) is 22.5 Å². The molecule has 0 heterocycles. The van der Waals surface area contributed by atoms with Gasteiger partial charge < -0.3 is 10.1 Å². The predicted octanol–water partition coefficient (Wildman–Crippen LogP) is 2.35. The molecule has 31 heavy (non-hydrogen) atoms. The maximum Gasteiger partial charge on any atom is 0.325 e. The SMILES string of the molecule is CCN(CC)S(=O)(=O)c1ccc(OCC(=O)NC(=O)Nc2ccccc2)c([N+](=O)[O-])c1. The summed E-state index contributed by atoms with van der Waals surface area (Å²) in [7, 11) is -3.91. The number of rotatable bonds is 9. The highest BCUT2D eigenvalue weighted by molar-refractivity contribution is 7.89. The zero-order chi connectivity index (χ0) is 23.0. The van der Waals surface area contributed by atoms with E-state index >= 15 is 0 Å². The fourth-order valence-electron chi connectivity index (χ4n) is 2.62. The van der Waals surface area contributed by atoms with Crippen molar-refractivity contribution in [1.82, 2.24) is 9.62 Å². The number of hydrogen-bond donors (Lipinski definition) is 2. The molecule has 0 radical (unpaired) electrons. The highest BCUT2D eigenvalue weighted by Gasteiger charge is 2.26. The van der Waals surface area contributed by atoms with Crippen LogP contribution in [-0.2, 0) is 14.8 Å². The van der Waals surface area contributed by atoms with Crippen molar-refractivity contribution in [2.24, 2.45) is 0 Å². The molecule has 166 valence electrons. The van der Waals surface area contributed by atoms with Crippen LogP contribution >= 0.6 is 0 Å². The summed E-state index contributed by atoms with van der Waals surface area (Å²) in [5, 5.41) is 15.9. The van der Waals surface area contributed by atoms with Crippen molar-refractivity contribution in [3.8, 4) is 5.75 Å². The second-order valence-electron chi connectivity index (χ2n) is 6.13. The molecule has 0 saturated heterocycles. The molecule has 0 unspecified atom stereocenters. The molecule has 0 aliphatic heterocycles. The topological polar surface area (TPSA) is 148 Å². The van der Waals surface area contributed by atoms with E-state index in [-0.39, 0.29) is 23.7 Å². The van der Waals surface area contributed by atoms with Crippen LogP contribution in [-0.4, -0.2) is 49.3 Å². The van der Waals surface area contributed by atoms with E-state index in [4.69, 9.17) is 4.74 Å². The summed E-state index contributed by atoms with van der Waals surface area (Å²) in [5.41, 5.74) is -0.149. The first-order valence-electron chi connectivity index (χ1n) is 9.26. The number of ether oxygens (including phenoxy) is 1. The van der Waals surface area contributed by atoms with Crippen molar-refractivity contribution in [3.05, 3.63) is 58.6 Å². The maximum atomic E-state index is 12.6. The highest BCUT2D eigenvalue weighted by atomic mass is 32.2. The molecule has 0 atom stereocenters. The van der Waals surface area contributed by atoms with Crippen LogP contribution in [0.25, 0.3) is 0 Å². The lowest BCUT2D eigenvalue weighted by Crippen LogP contribution is -2.37. The lowest BCUT2D eigenvalue weighted by atomic mass is 10.3. The molecule has 2 aromatic rings. The number of sulfonamides is 1. The number of nitro groups is 1. The smallest absolute Gasteiger partial charge is 0.325 e. The summed E-state index contributed by atoms with van der Waals surface area (Å²) in [6, 6.07) is 10.7. The number of nitrogens with one attached hydrogen (secondary N) is 2. The molecule has 2 aromatic carbocycles. The number of carbonyl (C=O) groups is 2. The molecule has 3 amide bonds. The van der Waals surface area contributed by atoms with E-state index in [1.54, 1.807) is 44.2 Å². The number of imide groups is 1. The molecule has 0 spiro atoms. The summed E-state index contributed by atoms with van der Waals surface area (Å²) in [6.45, 7) is 3.02. The van der Waals surface area contributed by atoms with Crippen LogP contribution in [0, 0.1) is 10.1 Å². The Bertz CT molecular complexity index is 1050. The summed E-state index contributed by atoms with van der Waals surface area (Å²) in [5.74, 6) is -1.15. The van der Waals surface area contributed by atoms with Gasteiger partial charge in [-0.15, -0.1) is 0 Å². The van der Waals surface area contributed by atoms with Gasteiger partial charge in [-0.2, -0.15) is 4.31 Å². The monoisotopic (exact) mass is 450 g/mol. The fourth-order valence-corrected chi connectivity index (χ4v) is 4.10. The van der Waals surface area contributed by atoms with Gasteiger partial charge in [0.25, 0.3) is 5.91 Å². The molecule has 0 aliphatic rings. The Morgan fingerprint density at radius 3 is 2.32 bits per heavy atom. The van der Waals surface area contributed by atoms with Crippen LogP contribution in [0.15, 0.2) is 53.4 Å². The summed E-state index contributed by atoms with van der Waals surface area (Å²) in [6.07, 6.45) is 0. The lowest BCUT2D eigenvalue weighted by Gasteiger charge is -2.18. The van der Waals surface area contributed by atoms with Crippen molar-refractivity contribution in [1.29, 1.82) is 0 Å². The minimum absolute atomic E-state index is 0.204. The van der Waals surface area contributed by atoms with Crippen molar-refractivity contribution < 1.29 is 27.7 Å². The van der Waals surface area contributed by atoms with E-state index in [0.29, 0.717) is 5.69 Å². The third-order valence-corrected chi connectivity index (χ3v) is 6.16. The molecule has 2 N–H and O–H groups in total. The Morgan fingerprint density at radius 1 is 1.10 bits per heavy atom. The Balaban J connectivity index is 2.08. The van der Waals surface area contributed by atoms with Crippen LogP contribution in [0.5, 0.6) is 5.75 Å². The minimum Gasteiger partial charge on any atom is -0.477 e. The number of hydrogen-bond acceptors (Lipinski definition) is 7. The normalized spacial score (nSPS) is 11.1. The zero-order valence-corrected chi connectivity index (χ0v) is 17.7. The Kier molecular flexibility index (Phi) is 8.05. The van der Waals surface area contributed by atoms with Gasteiger partial charge in [0.2, 0.25) is 10.0 Å². The summed E-state index contributed by atoms with van der Waals surface area (Å²) >= 11 is 0. The van der Waals surface area contributed by atoms with Gasteiger partial charge in [0, 0.05) is 24.8 Å². The van der Waals surface area contributed by atoms with E-state index in [1.165, 1.54) is 0 Å². The molecule has 0 aromatic heterocycles. The number of nitro benzene ring substituents is 1. The molecular weight excluding hydrogens is 428 g/mol. The largest absolute Gasteiger partial charge is 0.477 e. The van der Waals surface area contributed by atoms with Gasteiger partial charge in [-0.25, -0.2) is 13.2 Å². The molecule has 2 rings (SSSR count). The van der Waals surface area contributed by atoms with Gasteiger partial charge in [-0.05, 0) is 24.3 Å². The van der Waals surface area contributed by atoms with E-state index in [9.17, 15) is 28.1 Å². The quantitative estimate of drug-likeness (QED) is 0.440. The molecule has 11 nitrogen and oxygen atoms in total. The number of anilines is 1. The van der Waals surface area contributed by atoms with E-state index in [1.807, 2.05) is 5.32 Å². The molecule has 0 saturated carbocycles. The third kappa shape index (κ3) is 6.23. The van der Waals surface area contributed by atoms with Crippen molar-refractivity contribution in [2.45, 2.75) is 18.7 Å². The van der Waals surface area contributed by atoms with E-state index in [2.05, 4.69) is 5.32 Å². The highest BCUT2D eigenvalue weighted by Crippen LogP contribution is 2.30. The van der Waals surface area contributed by atoms with Gasteiger partial charge in [-0.1, -0.05) is 32.0 Å². The van der Waals surface area contributed by atoms with Crippen molar-refractivity contribution >= 4 is 33.3 Å². The Hall–Kier alpha value is -3.51. The van der Waals surface area contributed by atoms with Gasteiger partial charge in [0.1, 0.15) is 0 Å². The van der Waals surface area contributed by atoms with Crippen LogP contribution in [0.1, 0.15) is 13.8 Å². The van der Waals surface area contributed by atoms with Crippen LogP contribution in [0.2, 0.25) is 0 Å². The maximum absolute atomic E-state index is 12.6. The van der Waals surface area contributed by atoms with E-state index < -0.39 is 39.2 Å². The van der Waals surface area contributed by atoms with Crippen LogP contribution < -0.4 is 15.4 Å². The Morgan fingerprint density at radius 2 is 1.74 bits per heavy atom. The number of urea groups is 1. The molecular formula is C19H22N4O7S. The molecule has 12 heteroatoms. The zero-order valence-electron chi connectivity index (χ0n) is 16.9. The van der Waals surface area contributed by atoms with Gasteiger partial charge in [0.15, 0.2) is 12.4 Å². The number of amides is 3. The average Bonchev–Trinajstić information content (AvgIpc) is 2.73. The molecule has 0 aliphatic carbocycles. The van der Waals surface area contributed by atoms with Crippen molar-refractivity contribution in [3.63, 3.8) is 0 Å².